The highest BCUT2D eigenvalue weighted by molar-refractivity contribution is 5.96. The number of hydrogen-bond acceptors (Lipinski definition) is 2. The van der Waals surface area contributed by atoms with Crippen LogP contribution in [0.4, 0.5) is 8.78 Å². The van der Waals surface area contributed by atoms with Crippen molar-refractivity contribution >= 4 is 5.78 Å². The van der Waals surface area contributed by atoms with Gasteiger partial charge in [0, 0.05) is 13.5 Å². The quantitative estimate of drug-likeness (QED) is 0.784. The van der Waals surface area contributed by atoms with E-state index in [4.69, 9.17) is 0 Å². The van der Waals surface area contributed by atoms with Crippen LogP contribution in [0.5, 0.6) is 0 Å². The molecule has 0 fully saturated rings. The first kappa shape index (κ1) is 12.4. The van der Waals surface area contributed by atoms with Gasteiger partial charge < -0.3 is 0 Å². The highest BCUT2D eigenvalue weighted by Crippen LogP contribution is 2.12. The van der Waals surface area contributed by atoms with Crippen LogP contribution in [-0.4, -0.2) is 15.6 Å². The van der Waals surface area contributed by atoms with Gasteiger partial charge in [-0.25, -0.2) is 8.78 Å². The summed E-state index contributed by atoms with van der Waals surface area (Å²) >= 11 is 0. The Balaban J connectivity index is 2.21. The van der Waals surface area contributed by atoms with Gasteiger partial charge in [0.25, 0.3) is 0 Å². The lowest BCUT2D eigenvalue weighted by Crippen LogP contribution is -2.09. The van der Waals surface area contributed by atoms with Crippen molar-refractivity contribution in [2.24, 2.45) is 7.05 Å². The molecule has 2 rings (SSSR count). The molecule has 1 aromatic heterocycles. The molecule has 0 atom stereocenters. The predicted octanol–water partition coefficient (Wildman–Crippen LogP) is 2.43. The third kappa shape index (κ3) is 2.45. The van der Waals surface area contributed by atoms with Crippen molar-refractivity contribution < 1.29 is 13.6 Å². The summed E-state index contributed by atoms with van der Waals surface area (Å²) in [5.74, 6) is -2.03. The molecule has 0 bridgehead atoms. The van der Waals surface area contributed by atoms with E-state index in [1.807, 2.05) is 0 Å². The second-order valence-electron chi connectivity index (χ2n) is 4.14. The Hall–Kier alpha value is -2.04. The average molecular weight is 250 g/mol. The van der Waals surface area contributed by atoms with Crippen molar-refractivity contribution in [2.45, 2.75) is 13.3 Å². The van der Waals surface area contributed by atoms with Gasteiger partial charge in [0.2, 0.25) is 0 Å². The standard InChI is InChI=1S/C13H12F2N2O/c1-8-5-12(17(2)16-8)13(18)7-9-3-4-10(14)11(15)6-9/h3-6H,7H2,1-2H3. The third-order valence-electron chi connectivity index (χ3n) is 2.64. The van der Waals surface area contributed by atoms with Gasteiger partial charge >= 0.3 is 0 Å². The summed E-state index contributed by atoms with van der Waals surface area (Å²) in [4.78, 5) is 12.0. The smallest absolute Gasteiger partial charge is 0.185 e. The number of aromatic nitrogens is 2. The maximum Gasteiger partial charge on any atom is 0.185 e. The number of rotatable bonds is 3. The van der Waals surface area contributed by atoms with Crippen molar-refractivity contribution in [1.82, 2.24) is 9.78 Å². The molecule has 2 aromatic rings. The fourth-order valence-electron chi connectivity index (χ4n) is 1.80. The molecule has 0 aliphatic rings. The lowest BCUT2D eigenvalue weighted by atomic mass is 10.1. The van der Waals surface area contributed by atoms with Crippen molar-refractivity contribution in [1.29, 1.82) is 0 Å². The van der Waals surface area contributed by atoms with E-state index >= 15 is 0 Å². The highest BCUT2D eigenvalue weighted by atomic mass is 19.2. The number of aryl methyl sites for hydroxylation is 2. The van der Waals surface area contributed by atoms with Crippen molar-refractivity contribution in [3.8, 4) is 0 Å². The van der Waals surface area contributed by atoms with Crippen LogP contribution in [0.25, 0.3) is 0 Å². The fourth-order valence-corrected chi connectivity index (χ4v) is 1.80. The Morgan fingerprint density at radius 3 is 2.56 bits per heavy atom. The molecule has 1 heterocycles. The molecule has 3 nitrogen and oxygen atoms in total. The van der Waals surface area contributed by atoms with Gasteiger partial charge in [0.1, 0.15) is 5.69 Å². The highest BCUT2D eigenvalue weighted by Gasteiger charge is 2.13. The number of Topliss-reactive ketones (excluding diaryl/α,β-unsaturated/α-hetero) is 1. The summed E-state index contributed by atoms with van der Waals surface area (Å²) in [6.07, 6.45) is 0.0240. The third-order valence-corrected chi connectivity index (χ3v) is 2.64. The van der Waals surface area contributed by atoms with Gasteiger partial charge in [0.05, 0.1) is 5.69 Å². The number of carbonyl (C=O) groups excluding carboxylic acids is 1. The zero-order chi connectivity index (χ0) is 13.3. The lowest BCUT2D eigenvalue weighted by Gasteiger charge is -2.02. The minimum absolute atomic E-state index is 0.0240. The van der Waals surface area contributed by atoms with E-state index in [2.05, 4.69) is 5.10 Å². The number of halogens is 2. The summed E-state index contributed by atoms with van der Waals surface area (Å²) < 4.78 is 27.2. The molecule has 0 spiro atoms. The van der Waals surface area contributed by atoms with Gasteiger partial charge in [-0.05, 0) is 30.7 Å². The van der Waals surface area contributed by atoms with Gasteiger partial charge in [-0.2, -0.15) is 5.10 Å². The summed E-state index contributed by atoms with van der Waals surface area (Å²) in [5, 5.41) is 4.07. The van der Waals surface area contributed by atoms with Crippen LogP contribution >= 0.6 is 0 Å². The van der Waals surface area contributed by atoms with E-state index in [1.54, 1.807) is 20.0 Å². The molecule has 0 saturated heterocycles. The number of ketones is 1. The predicted molar refractivity (Wildman–Crippen MR) is 62.3 cm³/mol. The molecule has 18 heavy (non-hydrogen) atoms. The molecule has 0 aliphatic heterocycles. The summed E-state index contributed by atoms with van der Waals surface area (Å²) in [6, 6.07) is 5.13. The molecule has 0 saturated carbocycles. The second kappa shape index (κ2) is 4.68. The van der Waals surface area contributed by atoms with E-state index in [0.717, 1.165) is 17.8 Å². The van der Waals surface area contributed by atoms with Crippen LogP contribution in [0.1, 0.15) is 21.7 Å². The van der Waals surface area contributed by atoms with E-state index in [9.17, 15) is 13.6 Å². The van der Waals surface area contributed by atoms with E-state index in [0.29, 0.717) is 11.3 Å². The fraction of sp³-hybridized carbons (Fsp3) is 0.231. The maximum atomic E-state index is 13.0. The van der Waals surface area contributed by atoms with Crippen molar-refractivity contribution in [3.05, 3.63) is 52.9 Å². The van der Waals surface area contributed by atoms with Gasteiger partial charge in [-0.15, -0.1) is 0 Å². The number of benzene rings is 1. The minimum Gasteiger partial charge on any atom is -0.292 e. The Morgan fingerprint density at radius 2 is 2.00 bits per heavy atom. The molecule has 0 N–H and O–H groups in total. The van der Waals surface area contributed by atoms with Gasteiger partial charge in [-0.1, -0.05) is 6.07 Å². The van der Waals surface area contributed by atoms with Crippen molar-refractivity contribution in [3.63, 3.8) is 0 Å². The summed E-state index contributed by atoms with van der Waals surface area (Å²) in [5.41, 5.74) is 1.64. The average Bonchev–Trinajstić information content (AvgIpc) is 2.63. The largest absolute Gasteiger partial charge is 0.292 e. The minimum atomic E-state index is -0.943. The van der Waals surface area contributed by atoms with Crippen LogP contribution in [0.2, 0.25) is 0 Å². The molecular formula is C13H12F2N2O. The molecule has 0 unspecified atom stereocenters. The van der Waals surface area contributed by atoms with Gasteiger partial charge in [-0.3, -0.25) is 9.48 Å². The van der Waals surface area contributed by atoms with E-state index in [-0.39, 0.29) is 12.2 Å². The number of carbonyl (C=O) groups is 1. The monoisotopic (exact) mass is 250 g/mol. The zero-order valence-electron chi connectivity index (χ0n) is 10.1. The molecule has 0 amide bonds. The van der Waals surface area contributed by atoms with Crippen LogP contribution in [0, 0.1) is 18.6 Å². The van der Waals surface area contributed by atoms with E-state index < -0.39 is 11.6 Å². The molecule has 94 valence electrons. The van der Waals surface area contributed by atoms with Crippen LogP contribution in [-0.2, 0) is 13.5 Å². The molecule has 0 radical (unpaired) electrons. The summed E-state index contributed by atoms with van der Waals surface area (Å²) in [6.45, 7) is 1.79. The van der Waals surface area contributed by atoms with Crippen LogP contribution < -0.4 is 0 Å². The maximum absolute atomic E-state index is 13.0. The van der Waals surface area contributed by atoms with Crippen LogP contribution in [0.3, 0.4) is 0 Å². The molecule has 1 aromatic carbocycles. The lowest BCUT2D eigenvalue weighted by molar-refractivity contribution is 0.0984. The normalized spacial score (nSPS) is 10.7. The molecule has 5 heteroatoms. The SMILES string of the molecule is Cc1cc(C(=O)Cc2ccc(F)c(F)c2)n(C)n1. The topological polar surface area (TPSA) is 34.9 Å². The Labute approximate surface area is 103 Å². The van der Waals surface area contributed by atoms with Gasteiger partial charge in [0.15, 0.2) is 17.4 Å². The Morgan fingerprint density at radius 1 is 1.28 bits per heavy atom. The molecular weight excluding hydrogens is 238 g/mol. The first-order valence-electron chi connectivity index (χ1n) is 5.45. The Kier molecular flexibility index (Phi) is 3.23. The zero-order valence-corrected chi connectivity index (χ0v) is 10.1. The second-order valence-corrected chi connectivity index (χ2v) is 4.14. The number of nitrogens with zero attached hydrogens (tertiary/aromatic N) is 2. The van der Waals surface area contributed by atoms with Crippen molar-refractivity contribution in [2.75, 3.05) is 0 Å². The first-order chi connectivity index (χ1) is 8.47. The van der Waals surface area contributed by atoms with E-state index in [1.165, 1.54) is 10.7 Å². The summed E-state index contributed by atoms with van der Waals surface area (Å²) in [7, 11) is 1.67. The van der Waals surface area contributed by atoms with Crippen LogP contribution in [0.15, 0.2) is 24.3 Å². The number of hydrogen-bond donors (Lipinski definition) is 0. The molecule has 0 aliphatic carbocycles. The Bertz CT molecular complexity index is 605. The first-order valence-corrected chi connectivity index (χ1v) is 5.45.